The monoisotopic (exact) mass is 319 g/mol. The van der Waals surface area contributed by atoms with Gasteiger partial charge in [0.1, 0.15) is 12.7 Å². The van der Waals surface area contributed by atoms with E-state index in [1.807, 2.05) is 13.8 Å². The van der Waals surface area contributed by atoms with Crippen LogP contribution in [-0.2, 0) is 23.7 Å². The number of unbranched alkanes of at least 4 members (excludes halogenated alkanes) is 1. The maximum absolute atomic E-state index is 11.6. The summed E-state index contributed by atoms with van der Waals surface area (Å²) in [6, 6.07) is 0. The molecule has 0 aromatic carbocycles. The fraction of sp³-hybridized carbons (Fsp3) is 0.938. The van der Waals surface area contributed by atoms with Crippen LogP contribution in [0.25, 0.3) is 0 Å². The van der Waals surface area contributed by atoms with Crippen molar-refractivity contribution in [3.63, 3.8) is 0 Å². The van der Waals surface area contributed by atoms with Crippen molar-refractivity contribution in [3.8, 4) is 0 Å². The van der Waals surface area contributed by atoms with Crippen LogP contribution in [-0.4, -0.2) is 58.8 Å². The molecule has 2 N–H and O–H groups in total. The lowest BCUT2D eigenvalue weighted by Crippen LogP contribution is -2.27. The highest BCUT2D eigenvalue weighted by molar-refractivity contribution is 5.75. The molecule has 0 aliphatic carbocycles. The van der Waals surface area contributed by atoms with E-state index < -0.39 is 0 Å². The second-order valence-electron chi connectivity index (χ2n) is 5.94. The van der Waals surface area contributed by atoms with E-state index in [-0.39, 0.29) is 17.5 Å². The third-order valence-electron chi connectivity index (χ3n) is 3.20. The Kier molecular flexibility index (Phi) is 12.4. The Hall–Kier alpha value is -0.690. The average molecular weight is 319 g/mol. The van der Waals surface area contributed by atoms with Crippen LogP contribution >= 0.6 is 0 Å². The SMILES string of the molecule is CCCCC(C)(C)C(=O)OCC1CO1.COCCOCCN. The van der Waals surface area contributed by atoms with Gasteiger partial charge in [0.2, 0.25) is 0 Å². The summed E-state index contributed by atoms with van der Waals surface area (Å²) in [4.78, 5) is 11.6. The second-order valence-corrected chi connectivity index (χ2v) is 5.94. The number of nitrogens with two attached hydrogens (primary N) is 1. The van der Waals surface area contributed by atoms with Crippen molar-refractivity contribution >= 4 is 5.97 Å². The molecule has 0 bridgehead atoms. The molecule has 1 heterocycles. The van der Waals surface area contributed by atoms with Crippen LogP contribution in [0.15, 0.2) is 0 Å². The molecule has 0 aromatic rings. The topological polar surface area (TPSA) is 83.3 Å². The number of carbonyl (C=O) groups is 1. The molecule has 6 heteroatoms. The van der Waals surface area contributed by atoms with Crippen LogP contribution in [0.2, 0.25) is 0 Å². The van der Waals surface area contributed by atoms with Crippen molar-refractivity contribution in [2.24, 2.45) is 11.1 Å². The molecule has 22 heavy (non-hydrogen) atoms. The molecule has 0 saturated carbocycles. The minimum absolute atomic E-state index is 0.0959. The molecule has 1 unspecified atom stereocenters. The minimum atomic E-state index is -0.342. The fourth-order valence-corrected chi connectivity index (χ4v) is 1.58. The molecule has 0 amide bonds. The van der Waals surface area contributed by atoms with Gasteiger partial charge in [0.25, 0.3) is 0 Å². The smallest absolute Gasteiger partial charge is 0.311 e. The first-order valence-corrected chi connectivity index (χ1v) is 8.03. The van der Waals surface area contributed by atoms with Crippen LogP contribution < -0.4 is 5.73 Å². The van der Waals surface area contributed by atoms with Gasteiger partial charge in [0, 0.05) is 13.7 Å². The van der Waals surface area contributed by atoms with Gasteiger partial charge in [-0.05, 0) is 20.3 Å². The lowest BCUT2D eigenvalue weighted by molar-refractivity contribution is -0.154. The number of hydrogen-bond acceptors (Lipinski definition) is 6. The standard InChI is InChI=1S/C11H20O3.C5H13NO2/c1-4-5-6-11(2,3)10(12)14-8-9-7-13-9;1-7-4-5-8-3-2-6/h9H,4-8H2,1-3H3;2-6H2,1H3. The summed E-state index contributed by atoms with van der Waals surface area (Å²) in [7, 11) is 1.64. The number of methoxy groups -OCH3 is 1. The molecule has 1 atom stereocenters. The molecule has 1 aliphatic rings. The van der Waals surface area contributed by atoms with Crippen molar-refractivity contribution in [2.75, 3.05) is 46.7 Å². The first-order chi connectivity index (χ1) is 10.5. The number of rotatable bonds is 11. The van der Waals surface area contributed by atoms with Crippen LogP contribution in [0.4, 0.5) is 0 Å². The van der Waals surface area contributed by atoms with Gasteiger partial charge in [-0.3, -0.25) is 4.79 Å². The van der Waals surface area contributed by atoms with Gasteiger partial charge in [0.05, 0.1) is 31.8 Å². The predicted molar refractivity (Wildman–Crippen MR) is 85.8 cm³/mol. The Balaban J connectivity index is 0.000000472. The minimum Gasteiger partial charge on any atom is -0.462 e. The Morgan fingerprint density at radius 3 is 2.50 bits per heavy atom. The largest absolute Gasteiger partial charge is 0.462 e. The third-order valence-corrected chi connectivity index (χ3v) is 3.20. The molecule has 1 fully saturated rings. The number of epoxide rings is 1. The summed E-state index contributed by atoms with van der Waals surface area (Å²) in [5, 5.41) is 0. The molecule has 1 aliphatic heterocycles. The normalized spacial score (nSPS) is 16.7. The Morgan fingerprint density at radius 2 is 2.00 bits per heavy atom. The van der Waals surface area contributed by atoms with Crippen LogP contribution in [0, 0.1) is 5.41 Å². The van der Waals surface area contributed by atoms with Crippen molar-refractivity contribution in [3.05, 3.63) is 0 Å². The molecule has 1 saturated heterocycles. The van der Waals surface area contributed by atoms with E-state index in [0.717, 1.165) is 25.9 Å². The highest BCUT2D eigenvalue weighted by atomic mass is 16.6. The summed E-state index contributed by atoms with van der Waals surface area (Å²) >= 11 is 0. The lowest BCUT2D eigenvalue weighted by Gasteiger charge is -2.21. The van der Waals surface area contributed by atoms with E-state index in [4.69, 9.17) is 24.7 Å². The van der Waals surface area contributed by atoms with Gasteiger partial charge in [-0.1, -0.05) is 19.8 Å². The second kappa shape index (κ2) is 12.8. The zero-order valence-corrected chi connectivity index (χ0v) is 14.6. The van der Waals surface area contributed by atoms with Crippen LogP contribution in [0.1, 0.15) is 40.0 Å². The number of ether oxygens (including phenoxy) is 4. The summed E-state index contributed by atoms with van der Waals surface area (Å²) in [6.07, 6.45) is 3.25. The van der Waals surface area contributed by atoms with Gasteiger partial charge >= 0.3 is 5.97 Å². The molecule has 0 aromatic heterocycles. The maximum atomic E-state index is 11.6. The highest BCUT2D eigenvalue weighted by Gasteiger charge is 2.31. The van der Waals surface area contributed by atoms with Gasteiger partial charge in [-0.25, -0.2) is 0 Å². The van der Waals surface area contributed by atoms with Crippen molar-refractivity contribution in [2.45, 2.75) is 46.1 Å². The average Bonchev–Trinajstić information content (AvgIpc) is 3.32. The summed E-state index contributed by atoms with van der Waals surface area (Å²) in [5.74, 6) is -0.0959. The van der Waals surface area contributed by atoms with Gasteiger partial charge in [0.15, 0.2) is 0 Å². The van der Waals surface area contributed by atoms with E-state index in [1.54, 1.807) is 7.11 Å². The Bertz CT molecular complexity index is 274. The first-order valence-electron chi connectivity index (χ1n) is 8.03. The van der Waals surface area contributed by atoms with Crippen molar-refractivity contribution < 1.29 is 23.7 Å². The summed E-state index contributed by atoms with van der Waals surface area (Å²) in [5.41, 5.74) is 4.80. The molecule has 0 radical (unpaired) electrons. The maximum Gasteiger partial charge on any atom is 0.311 e. The Morgan fingerprint density at radius 1 is 1.32 bits per heavy atom. The molecular weight excluding hydrogens is 286 g/mol. The quantitative estimate of drug-likeness (QED) is 0.355. The predicted octanol–water partition coefficient (Wildman–Crippen LogP) is 1.75. The molecule has 6 nitrogen and oxygen atoms in total. The summed E-state index contributed by atoms with van der Waals surface area (Å²) in [6.45, 7) is 9.69. The van der Waals surface area contributed by atoms with Crippen molar-refractivity contribution in [1.29, 1.82) is 0 Å². The highest BCUT2D eigenvalue weighted by Crippen LogP contribution is 2.25. The van der Waals surface area contributed by atoms with Crippen LogP contribution in [0.5, 0.6) is 0 Å². The van der Waals surface area contributed by atoms with E-state index in [2.05, 4.69) is 6.92 Å². The zero-order valence-electron chi connectivity index (χ0n) is 14.6. The van der Waals surface area contributed by atoms with E-state index in [1.165, 1.54) is 0 Å². The van der Waals surface area contributed by atoms with Crippen LogP contribution in [0.3, 0.4) is 0 Å². The third kappa shape index (κ3) is 11.9. The molecular formula is C16H33NO5. The number of hydrogen-bond donors (Lipinski definition) is 1. The van der Waals surface area contributed by atoms with E-state index in [0.29, 0.717) is 33.0 Å². The zero-order chi connectivity index (χ0) is 16.8. The van der Waals surface area contributed by atoms with Gasteiger partial charge in [-0.15, -0.1) is 0 Å². The number of carbonyl (C=O) groups excluding carboxylic acids is 1. The van der Waals surface area contributed by atoms with E-state index in [9.17, 15) is 4.79 Å². The van der Waals surface area contributed by atoms with Gasteiger partial charge < -0.3 is 24.7 Å². The first kappa shape index (κ1) is 21.3. The molecule has 0 spiro atoms. The lowest BCUT2D eigenvalue weighted by atomic mass is 9.87. The molecule has 132 valence electrons. The van der Waals surface area contributed by atoms with Gasteiger partial charge in [-0.2, -0.15) is 0 Å². The molecule has 1 rings (SSSR count). The summed E-state index contributed by atoms with van der Waals surface area (Å²) < 4.78 is 19.8. The fourth-order valence-electron chi connectivity index (χ4n) is 1.58. The van der Waals surface area contributed by atoms with E-state index >= 15 is 0 Å². The van der Waals surface area contributed by atoms with Crippen molar-refractivity contribution in [1.82, 2.24) is 0 Å². The Labute approximate surface area is 134 Å². The number of esters is 1.